The van der Waals surface area contributed by atoms with E-state index in [9.17, 15) is 14.4 Å². The Morgan fingerprint density at radius 1 is 1.03 bits per heavy atom. The van der Waals surface area contributed by atoms with Crippen molar-refractivity contribution >= 4 is 17.6 Å². The van der Waals surface area contributed by atoms with E-state index in [1.54, 1.807) is 4.90 Å². The van der Waals surface area contributed by atoms with Crippen molar-refractivity contribution in [1.29, 1.82) is 0 Å². The van der Waals surface area contributed by atoms with E-state index in [4.69, 9.17) is 10.5 Å². The summed E-state index contributed by atoms with van der Waals surface area (Å²) in [5, 5.41) is 3.09. The molecule has 8 heteroatoms. The molecule has 0 radical (unpaired) electrons. The lowest BCUT2D eigenvalue weighted by Crippen LogP contribution is -2.60. The van der Waals surface area contributed by atoms with Crippen LogP contribution in [-0.2, 0) is 14.3 Å². The maximum absolute atomic E-state index is 13.8. The van der Waals surface area contributed by atoms with Gasteiger partial charge in [-0.3, -0.25) is 14.4 Å². The molecule has 3 heterocycles. The number of rotatable bonds is 5. The maximum atomic E-state index is 13.8. The quantitative estimate of drug-likeness (QED) is 0.663. The van der Waals surface area contributed by atoms with Crippen molar-refractivity contribution in [3.63, 3.8) is 0 Å². The number of likely N-dealkylation sites (tertiary alicyclic amines) is 2. The minimum absolute atomic E-state index is 0.00186. The molecule has 1 aromatic rings. The van der Waals surface area contributed by atoms with Crippen LogP contribution < -0.4 is 11.1 Å². The predicted octanol–water partition coefficient (Wildman–Crippen LogP) is 1.58. The third-order valence-corrected chi connectivity index (χ3v) is 8.94. The van der Waals surface area contributed by atoms with Gasteiger partial charge in [-0.1, -0.05) is 25.0 Å². The van der Waals surface area contributed by atoms with E-state index in [0.717, 1.165) is 32.0 Å². The number of hydrogen-bond acceptors (Lipinski definition) is 6. The fourth-order valence-electron chi connectivity index (χ4n) is 6.78. The smallest absolute Gasteiger partial charge is 0.252 e. The molecule has 6 rings (SSSR count). The molecule has 2 amide bonds. The standard InChI is InChI=1S/C27H36N4O4/c28-21-15-31(23-22(32)16-35-24(21)23)26(34)27(11-1-2-12-27)29-25(33)19-5-3-17(4-6-19)18-9-13-30(14-10-18)20-7-8-20/h3-6,18,20-21,23-24H,1-2,7-16,28H2,(H,29,33)/t21-,23-,24-/m1/s1. The second-order valence-corrected chi connectivity index (χ2v) is 11.2. The minimum atomic E-state index is -0.983. The van der Waals surface area contributed by atoms with Crippen LogP contribution in [0.5, 0.6) is 0 Å². The molecule has 0 aromatic heterocycles. The van der Waals surface area contributed by atoms with E-state index in [1.165, 1.54) is 31.2 Å². The lowest BCUT2D eigenvalue weighted by atomic mass is 9.88. The summed E-state index contributed by atoms with van der Waals surface area (Å²) in [5.74, 6) is 0.0197. The maximum Gasteiger partial charge on any atom is 0.252 e. The highest BCUT2D eigenvalue weighted by Crippen LogP contribution is 2.37. The number of nitrogens with two attached hydrogens (primary N) is 1. The summed E-state index contributed by atoms with van der Waals surface area (Å²) in [6.07, 6.45) is 7.49. The molecule has 2 aliphatic carbocycles. The number of piperidine rings is 1. The van der Waals surface area contributed by atoms with Gasteiger partial charge in [-0.2, -0.15) is 0 Å². The average molecular weight is 481 g/mol. The van der Waals surface area contributed by atoms with Crippen molar-refractivity contribution in [2.24, 2.45) is 5.73 Å². The van der Waals surface area contributed by atoms with Gasteiger partial charge >= 0.3 is 0 Å². The summed E-state index contributed by atoms with van der Waals surface area (Å²) in [6.45, 7) is 2.61. The Morgan fingerprint density at radius 2 is 1.71 bits per heavy atom. The highest BCUT2D eigenvalue weighted by Gasteiger charge is 2.55. The Morgan fingerprint density at radius 3 is 2.37 bits per heavy atom. The van der Waals surface area contributed by atoms with Crippen molar-refractivity contribution in [3.05, 3.63) is 35.4 Å². The van der Waals surface area contributed by atoms with Gasteiger partial charge < -0.3 is 25.6 Å². The van der Waals surface area contributed by atoms with Gasteiger partial charge in [0.1, 0.15) is 24.3 Å². The lowest BCUT2D eigenvalue weighted by molar-refractivity contribution is -0.142. The number of fused-ring (bicyclic) bond motifs is 1. The van der Waals surface area contributed by atoms with E-state index in [2.05, 4.69) is 22.3 Å². The number of Topliss-reactive ketones (excluding diaryl/α,β-unsaturated/α-hetero) is 1. The summed E-state index contributed by atoms with van der Waals surface area (Å²) < 4.78 is 5.55. The normalized spacial score (nSPS) is 31.1. The van der Waals surface area contributed by atoms with Crippen molar-refractivity contribution < 1.29 is 19.1 Å². The van der Waals surface area contributed by atoms with Crippen molar-refractivity contribution in [2.45, 2.75) is 87.1 Å². The first-order chi connectivity index (χ1) is 16.9. The number of hydrogen-bond donors (Lipinski definition) is 2. The van der Waals surface area contributed by atoms with Crippen molar-refractivity contribution in [3.8, 4) is 0 Å². The highest BCUT2D eigenvalue weighted by atomic mass is 16.5. The molecule has 1 aromatic carbocycles. The zero-order valence-electron chi connectivity index (χ0n) is 20.3. The second kappa shape index (κ2) is 8.98. The largest absolute Gasteiger partial charge is 0.366 e. The van der Waals surface area contributed by atoms with Gasteiger partial charge in [0.2, 0.25) is 5.91 Å². The number of amides is 2. The Hall–Kier alpha value is -2.29. The number of carbonyl (C=O) groups excluding carboxylic acids is 3. The summed E-state index contributed by atoms with van der Waals surface area (Å²) in [7, 11) is 0. The molecule has 3 aliphatic heterocycles. The number of nitrogens with one attached hydrogen (secondary N) is 1. The summed E-state index contributed by atoms with van der Waals surface area (Å²) >= 11 is 0. The van der Waals surface area contributed by atoms with E-state index in [1.807, 2.05) is 12.1 Å². The number of carbonyl (C=O) groups is 3. The molecular weight excluding hydrogens is 444 g/mol. The molecule has 3 atom stereocenters. The molecule has 35 heavy (non-hydrogen) atoms. The number of nitrogens with zero attached hydrogens (tertiary/aromatic N) is 2. The first-order valence-electron chi connectivity index (χ1n) is 13.3. The monoisotopic (exact) mass is 480 g/mol. The van der Waals surface area contributed by atoms with E-state index in [-0.39, 0.29) is 36.8 Å². The molecule has 0 spiro atoms. The van der Waals surface area contributed by atoms with Crippen molar-refractivity contribution in [1.82, 2.24) is 15.1 Å². The fourth-order valence-corrected chi connectivity index (χ4v) is 6.78. The number of ether oxygens (including phenoxy) is 1. The third-order valence-electron chi connectivity index (χ3n) is 8.94. The first kappa shape index (κ1) is 23.1. The van der Waals surface area contributed by atoms with Crippen LogP contribution in [0.2, 0.25) is 0 Å². The molecule has 0 bridgehead atoms. The van der Waals surface area contributed by atoms with Crippen LogP contribution in [0.3, 0.4) is 0 Å². The van der Waals surface area contributed by atoms with E-state index < -0.39 is 17.7 Å². The Labute approximate surface area is 206 Å². The SMILES string of the molecule is N[C@@H]1CN(C(=O)C2(NC(=O)c3ccc(C4CCN(C5CC5)CC4)cc3)CCCC2)[C@@H]2C(=O)CO[C@H]12. The summed E-state index contributed by atoms with van der Waals surface area (Å²) in [6, 6.07) is 7.75. The minimum Gasteiger partial charge on any atom is -0.366 e. The summed E-state index contributed by atoms with van der Waals surface area (Å²) in [4.78, 5) is 43.7. The van der Waals surface area contributed by atoms with Crippen LogP contribution >= 0.6 is 0 Å². The van der Waals surface area contributed by atoms with Crippen molar-refractivity contribution in [2.75, 3.05) is 26.2 Å². The molecule has 3 N–H and O–H groups in total. The second-order valence-electron chi connectivity index (χ2n) is 11.2. The zero-order chi connectivity index (χ0) is 24.2. The molecule has 5 aliphatic rings. The molecule has 2 saturated carbocycles. The van der Waals surface area contributed by atoms with Crippen LogP contribution in [0.25, 0.3) is 0 Å². The third kappa shape index (κ3) is 4.19. The van der Waals surface area contributed by atoms with Gasteiger partial charge in [-0.15, -0.1) is 0 Å². The van der Waals surface area contributed by atoms with Gasteiger partial charge in [0.05, 0.1) is 6.04 Å². The highest BCUT2D eigenvalue weighted by molar-refractivity contribution is 6.01. The number of benzene rings is 1. The molecule has 0 unspecified atom stereocenters. The van der Waals surface area contributed by atoms with Crippen LogP contribution in [0.1, 0.15) is 73.2 Å². The van der Waals surface area contributed by atoms with Crippen LogP contribution in [-0.4, -0.2) is 83.4 Å². The average Bonchev–Trinajstić information content (AvgIpc) is 3.36. The molecule has 3 saturated heterocycles. The molecule has 5 fully saturated rings. The molecule has 188 valence electrons. The zero-order valence-corrected chi connectivity index (χ0v) is 20.3. The molecule has 8 nitrogen and oxygen atoms in total. The Bertz CT molecular complexity index is 993. The van der Waals surface area contributed by atoms with Gasteiger partial charge in [0.25, 0.3) is 5.91 Å². The topological polar surface area (TPSA) is 105 Å². The first-order valence-corrected chi connectivity index (χ1v) is 13.3. The predicted molar refractivity (Wildman–Crippen MR) is 130 cm³/mol. The van der Waals surface area contributed by atoms with Crippen LogP contribution in [0.15, 0.2) is 24.3 Å². The van der Waals surface area contributed by atoms with Gasteiger partial charge in [0, 0.05) is 18.2 Å². The number of ketones is 1. The van der Waals surface area contributed by atoms with Crippen LogP contribution in [0, 0.1) is 0 Å². The van der Waals surface area contributed by atoms with Gasteiger partial charge in [-0.25, -0.2) is 0 Å². The molecular formula is C27H36N4O4. The Kier molecular flexibility index (Phi) is 5.93. The van der Waals surface area contributed by atoms with Crippen LogP contribution in [0.4, 0.5) is 0 Å². The van der Waals surface area contributed by atoms with Gasteiger partial charge in [0.15, 0.2) is 5.78 Å². The lowest BCUT2D eigenvalue weighted by Gasteiger charge is -2.35. The Balaban J connectivity index is 1.13. The fraction of sp³-hybridized carbons (Fsp3) is 0.667. The van der Waals surface area contributed by atoms with Gasteiger partial charge in [-0.05, 0) is 75.2 Å². The van der Waals surface area contributed by atoms with E-state index >= 15 is 0 Å². The summed E-state index contributed by atoms with van der Waals surface area (Å²) in [5.41, 5.74) is 7.06. The van der Waals surface area contributed by atoms with E-state index in [0.29, 0.717) is 24.3 Å².